The van der Waals surface area contributed by atoms with Crippen LogP contribution in [0, 0.1) is 0 Å². The highest BCUT2D eigenvalue weighted by molar-refractivity contribution is 5.93. The van der Waals surface area contributed by atoms with E-state index in [1.807, 2.05) is 24.3 Å². The highest BCUT2D eigenvalue weighted by Gasteiger charge is 2.18. The predicted octanol–water partition coefficient (Wildman–Crippen LogP) is 2.25. The Morgan fingerprint density at radius 2 is 1.76 bits per heavy atom. The molecule has 0 aliphatic carbocycles. The number of hydrogen-bond donors (Lipinski definition) is 1. The Bertz CT molecular complexity index is 856. The van der Waals surface area contributed by atoms with Crippen LogP contribution in [0.25, 0.3) is 11.4 Å². The Labute approximate surface area is 170 Å². The number of amides is 2. The molecule has 2 aliphatic heterocycles. The third-order valence-electron chi connectivity index (χ3n) is 5.47. The second-order valence-corrected chi connectivity index (χ2v) is 7.52. The Balaban J connectivity index is 1.32. The van der Waals surface area contributed by atoms with Crippen molar-refractivity contribution in [2.24, 2.45) is 0 Å². The first-order valence-corrected chi connectivity index (χ1v) is 10.4. The molecule has 0 spiro atoms. The Kier molecular flexibility index (Phi) is 6.19. The minimum absolute atomic E-state index is 0.00583. The number of morpholine rings is 1. The van der Waals surface area contributed by atoms with E-state index in [0.29, 0.717) is 32.0 Å². The molecule has 0 bridgehead atoms. The van der Waals surface area contributed by atoms with E-state index in [0.717, 1.165) is 43.0 Å². The van der Waals surface area contributed by atoms with Gasteiger partial charge in [-0.05, 0) is 37.1 Å². The first kappa shape index (κ1) is 19.6. The Morgan fingerprint density at radius 1 is 0.966 bits per heavy atom. The first-order valence-electron chi connectivity index (χ1n) is 10.4. The zero-order valence-corrected chi connectivity index (χ0v) is 16.6. The van der Waals surface area contributed by atoms with Gasteiger partial charge in [-0.25, -0.2) is 0 Å². The van der Waals surface area contributed by atoms with Crippen LogP contribution in [0.4, 0.5) is 5.69 Å². The average Bonchev–Trinajstić information content (AvgIpc) is 3.01. The van der Waals surface area contributed by atoms with Crippen molar-refractivity contribution < 1.29 is 14.3 Å². The van der Waals surface area contributed by atoms with Crippen molar-refractivity contribution in [3.8, 4) is 11.4 Å². The zero-order chi connectivity index (χ0) is 20.1. The second-order valence-electron chi connectivity index (χ2n) is 7.52. The van der Waals surface area contributed by atoms with Gasteiger partial charge >= 0.3 is 0 Å². The minimum Gasteiger partial charge on any atom is -0.378 e. The molecule has 1 aromatic heterocycles. The van der Waals surface area contributed by atoms with E-state index < -0.39 is 0 Å². The molecule has 1 aromatic carbocycles. The number of aryl methyl sites for hydroxylation is 1. The van der Waals surface area contributed by atoms with Gasteiger partial charge in [0.2, 0.25) is 11.8 Å². The van der Waals surface area contributed by atoms with Gasteiger partial charge in [0.1, 0.15) is 5.82 Å². The lowest BCUT2D eigenvalue weighted by atomic mass is 10.2. The largest absolute Gasteiger partial charge is 0.378 e. The molecule has 2 aromatic rings. The molecular weight excluding hydrogens is 370 g/mol. The molecule has 0 unspecified atom stereocenters. The number of benzene rings is 1. The van der Waals surface area contributed by atoms with Crippen molar-refractivity contribution >= 4 is 17.5 Å². The fraction of sp³-hybridized carbons (Fsp3) is 0.524. The van der Waals surface area contributed by atoms with Crippen LogP contribution in [-0.4, -0.2) is 57.8 Å². The van der Waals surface area contributed by atoms with Crippen molar-refractivity contribution in [3.05, 3.63) is 30.1 Å². The number of aromatic nitrogens is 3. The molecule has 1 saturated heterocycles. The fourth-order valence-electron chi connectivity index (χ4n) is 3.82. The third kappa shape index (κ3) is 4.82. The van der Waals surface area contributed by atoms with E-state index in [1.54, 1.807) is 4.90 Å². The molecular formula is C21H27N5O3. The number of carbonyl (C=O) groups is 2. The Morgan fingerprint density at radius 3 is 2.55 bits per heavy atom. The van der Waals surface area contributed by atoms with E-state index in [4.69, 9.17) is 4.74 Å². The summed E-state index contributed by atoms with van der Waals surface area (Å²) >= 11 is 0. The van der Waals surface area contributed by atoms with E-state index in [1.165, 1.54) is 6.42 Å². The normalized spacial score (nSPS) is 16.8. The van der Waals surface area contributed by atoms with Crippen LogP contribution in [0.1, 0.15) is 37.9 Å². The monoisotopic (exact) mass is 397 g/mol. The molecule has 0 atom stereocenters. The molecule has 29 heavy (non-hydrogen) atoms. The quantitative estimate of drug-likeness (QED) is 0.836. The average molecular weight is 397 g/mol. The number of ether oxygens (including phenoxy) is 1. The highest BCUT2D eigenvalue weighted by atomic mass is 16.5. The summed E-state index contributed by atoms with van der Waals surface area (Å²) in [5, 5.41) is 11.6. The number of anilines is 1. The van der Waals surface area contributed by atoms with E-state index in [2.05, 4.69) is 20.1 Å². The lowest BCUT2D eigenvalue weighted by Crippen LogP contribution is -2.40. The van der Waals surface area contributed by atoms with E-state index in [-0.39, 0.29) is 24.7 Å². The second kappa shape index (κ2) is 9.17. The molecule has 8 nitrogen and oxygen atoms in total. The maximum Gasteiger partial charge on any atom is 0.224 e. The van der Waals surface area contributed by atoms with Gasteiger partial charge in [0, 0.05) is 50.1 Å². The molecule has 0 saturated carbocycles. The molecule has 4 rings (SSSR count). The van der Waals surface area contributed by atoms with Gasteiger partial charge < -0.3 is 19.5 Å². The molecule has 0 radical (unpaired) electrons. The zero-order valence-electron chi connectivity index (χ0n) is 16.6. The number of nitrogens with zero attached hydrogens (tertiary/aromatic N) is 4. The molecule has 8 heteroatoms. The summed E-state index contributed by atoms with van der Waals surface area (Å²) in [7, 11) is 0. The highest BCUT2D eigenvalue weighted by Crippen LogP contribution is 2.24. The number of carbonyl (C=O) groups excluding carboxylic acids is 2. The lowest BCUT2D eigenvalue weighted by Gasteiger charge is -2.26. The molecule has 154 valence electrons. The van der Waals surface area contributed by atoms with Crippen LogP contribution >= 0.6 is 0 Å². The smallest absolute Gasteiger partial charge is 0.224 e. The van der Waals surface area contributed by atoms with E-state index >= 15 is 0 Å². The van der Waals surface area contributed by atoms with Gasteiger partial charge in [-0.3, -0.25) is 9.59 Å². The minimum atomic E-state index is -0.157. The van der Waals surface area contributed by atoms with Crippen molar-refractivity contribution in [3.63, 3.8) is 0 Å². The van der Waals surface area contributed by atoms with Crippen molar-refractivity contribution in [1.29, 1.82) is 0 Å². The van der Waals surface area contributed by atoms with Crippen LogP contribution in [0.15, 0.2) is 24.3 Å². The number of hydrogen-bond acceptors (Lipinski definition) is 5. The van der Waals surface area contributed by atoms with Crippen molar-refractivity contribution in [2.75, 3.05) is 31.6 Å². The lowest BCUT2D eigenvalue weighted by molar-refractivity contribution is -0.136. The first-order chi connectivity index (χ1) is 14.2. The van der Waals surface area contributed by atoms with Crippen LogP contribution in [0.2, 0.25) is 0 Å². The third-order valence-corrected chi connectivity index (χ3v) is 5.47. The standard InChI is InChI=1S/C21H27N5O3/c27-19(9-10-20(28)25-12-14-29-15-13-25)22-17-7-5-16(6-8-17)21-24-23-18-4-2-1-3-11-26(18)21/h5-8H,1-4,9-15H2,(H,22,27). The summed E-state index contributed by atoms with van der Waals surface area (Å²) in [6.45, 7) is 3.30. The molecule has 2 amide bonds. The maximum absolute atomic E-state index is 12.2. The van der Waals surface area contributed by atoms with Gasteiger partial charge in [0.05, 0.1) is 13.2 Å². The van der Waals surface area contributed by atoms with Gasteiger partial charge in [-0.2, -0.15) is 0 Å². The summed E-state index contributed by atoms with van der Waals surface area (Å²) in [5.74, 6) is 1.79. The van der Waals surface area contributed by atoms with Crippen molar-refractivity contribution in [2.45, 2.75) is 45.1 Å². The maximum atomic E-state index is 12.2. The molecule has 1 fully saturated rings. The van der Waals surface area contributed by atoms with Gasteiger partial charge in [0.25, 0.3) is 0 Å². The molecule has 3 heterocycles. The summed E-state index contributed by atoms with van der Waals surface area (Å²) in [5.41, 5.74) is 1.71. The summed E-state index contributed by atoms with van der Waals surface area (Å²) in [4.78, 5) is 26.1. The van der Waals surface area contributed by atoms with Crippen LogP contribution in [0.5, 0.6) is 0 Å². The van der Waals surface area contributed by atoms with Crippen molar-refractivity contribution in [1.82, 2.24) is 19.7 Å². The summed E-state index contributed by atoms with van der Waals surface area (Å²) < 4.78 is 7.45. The summed E-state index contributed by atoms with van der Waals surface area (Å²) in [6, 6.07) is 7.65. The van der Waals surface area contributed by atoms with Crippen LogP contribution in [-0.2, 0) is 27.3 Å². The van der Waals surface area contributed by atoms with Crippen LogP contribution < -0.4 is 5.32 Å². The number of nitrogens with one attached hydrogen (secondary N) is 1. The fourth-order valence-corrected chi connectivity index (χ4v) is 3.82. The molecule has 2 aliphatic rings. The predicted molar refractivity (Wildman–Crippen MR) is 108 cm³/mol. The van der Waals surface area contributed by atoms with Gasteiger partial charge in [-0.1, -0.05) is 6.42 Å². The van der Waals surface area contributed by atoms with Gasteiger partial charge in [0.15, 0.2) is 5.82 Å². The topological polar surface area (TPSA) is 89.3 Å². The SMILES string of the molecule is O=C(CCC(=O)N1CCOCC1)Nc1ccc(-c2nnc3n2CCCCC3)cc1. The number of rotatable bonds is 5. The van der Waals surface area contributed by atoms with Gasteiger partial charge in [-0.15, -0.1) is 10.2 Å². The van der Waals surface area contributed by atoms with Crippen LogP contribution in [0.3, 0.4) is 0 Å². The summed E-state index contributed by atoms with van der Waals surface area (Å²) in [6.07, 6.45) is 4.91. The van der Waals surface area contributed by atoms with E-state index in [9.17, 15) is 9.59 Å². The molecule has 1 N–H and O–H groups in total. The Hall–Kier alpha value is -2.74. The number of fused-ring (bicyclic) bond motifs is 1.